The molecule has 0 aromatic carbocycles. The van der Waals surface area contributed by atoms with Crippen LogP contribution in [0.4, 0.5) is 0 Å². The van der Waals surface area contributed by atoms with E-state index < -0.39 is 0 Å². The van der Waals surface area contributed by atoms with Crippen LogP contribution in [0.1, 0.15) is 20.3 Å². The lowest BCUT2D eigenvalue weighted by Crippen LogP contribution is -2.24. The Morgan fingerprint density at radius 3 is 2.64 bits per heavy atom. The Bertz CT molecular complexity index is 167. The molecule has 0 unspecified atom stereocenters. The van der Waals surface area contributed by atoms with E-state index in [0.717, 1.165) is 13.1 Å². The van der Waals surface area contributed by atoms with E-state index in [1.165, 1.54) is 29.8 Å². The number of rotatable bonds is 2. The molecule has 0 amide bonds. The van der Waals surface area contributed by atoms with Crippen molar-refractivity contribution >= 4 is 12.2 Å². The molecule has 0 aromatic heterocycles. The molecule has 11 heavy (non-hydrogen) atoms. The van der Waals surface area contributed by atoms with Gasteiger partial charge in [-0.15, -0.1) is 0 Å². The van der Waals surface area contributed by atoms with Crippen molar-refractivity contribution in [2.75, 3.05) is 20.2 Å². The molecule has 0 aliphatic carbocycles. The van der Waals surface area contributed by atoms with Gasteiger partial charge in [0, 0.05) is 13.1 Å². The van der Waals surface area contributed by atoms with E-state index in [9.17, 15) is 0 Å². The van der Waals surface area contributed by atoms with E-state index in [2.05, 4.69) is 18.2 Å². The fourth-order valence-corrected chi connectivity index (χ4v) is 1.78. The van der Waals surface area contributed by atoms with Crippen LogP contribution in [0.25, 0.3) is 0 Å². The number of nitrogens with zero attached hydrogens (tertiary/aromatic N) is 1. The van der Waals surface area contributed by atoms with Crippen LogP contribution in [0.15, 0.2) is 11.1 Å². The molecule has 0 atom stereocenters. The van der Waals surface area contributed by atoms with Crippen LogP contribution in [0.5, 0.6) is 0 Å². The summed E-state index contributed by atoms with van der Waals surface area (Å²) in [5.41, 5.74) is 3.03. The molecule has 0 N–H and O–H groups in total. The van der Waals surface area contributed by atoms with E-state index in [-0.39, 0.29) is 0 Å². The minimum atomic E-state index is 1.05. The fourth-order valence-electron chi connectivity index (χ4n) is 1.15. The quantitative estimate of drug-likeness (QED) is 0.361. The van der Waals surface area contributed by atoms with Crippen molar-refractivity contribution < 1.29 is 4.18 Å². The van der Waals surface area contributed by atoms with Crippen molar-refractivity contribution in [1.29, 1.82) is 0 Å². The Balaban J connectivity index is 2.44. The van der Waals surface area contributed by atoms with Crippen LogP contribution in [-0.2, 0) is 4.18 Å². The lowest BCUT2D eigenvalue weighted by Gasteiger charge is -2.25. The molecule has 1 heterocycles. The summed E-state index contributed by atoms with van der Waals surface area (Å²) in [5, 5.41) is 0. The van der Waals surface area contributed by atoms with Gasteiger partial charge in [-0.2, -0.15) is 0 Å². The summed E-state index contributed by atoms with van der Waals surface area (Å²) < 4.78 is 7.22. The van der Waals surface area contributed by atoms with E-state index in [4.69, 9.17) is 4.18 Å². The second-order valence-corrected chi connectivity index (χ2v) is 3.91. The maximum atomic E-state index is 4.98. The molecule has 0 aromatic rings. The molecule has 3 heteroatoms. The maximum Gasteiger partial charge on any atom is 0.0819 e. The monoisotopic (exact) mass is 173 g/mol. The Hall–Kier alpha value is 0.0100. The zero-order valence-electron chi connectivity index (χ0n) is 7.39. The molecule has 1 rings (SSSR count). The van der Waals surface area contributed by atoms with Gasteiger partial charge < -0.3 is 4.18 Å². The summed E-state index contributed by atoms with van der Waals surface area (Å²) >= 11 is 1.46. The van der Waals surface area contributed by atoms with E-state index in [1.54, 1.807) is 7.11 Å². The first-order chi connectivity index (χ1) is 5.24. The van der Waals surface area contributed by atoms with Crippen molar-refractivity contribution in [1.82, 2.24) is 4.31 Å². The zero-order valence-corrected chi connectivity index (χ0v) is 8.20. The molecular formula is C8H15NOS. The van der Waals surface area contributed by atoms with Crippen molar-refractivity contribution in [2.24, 2.45) is 0 Å². The molecule has 0 bridgehead atoms. The highest BCUT2D eigenvalue weighted by Crippen LogP contribution is 2.22. The molecule has 0 saturated heterocycles. The van der Waals surface area contributed by atoms with Gasteiger partial charge in [0.1, 0.15) is 0 Å². The van der Waals surface area contributed by atoms with Crippen LogP contribution in [-0.4, -0.2) is 24.5 Å². The van der Waals surface area contributed by atoms with E-state index >= 15 is 0 Å². The standard InChI is InChI=1S/C8H15NOS/c1-7-4-5-9(11-10-3)6-8(7)2/h4-6H2,1-3H3. The van der Waals surface area contributed by atoms with Gasteiger partial charge >= 0.3 is 0 Å². The zero-order chi connectivity index (χ0) is 8.27. The summed E-state index contributed by atoms with van der Waals surface area (Å²) in [7, 11) is 1.71. The highest BCUT2D eigenvalue weighted by atomic mass is 32.2. The first-order valence-corrected chi connectivity index (χ1v) is 4.55. The smallest absolute Gasteiger partial charge is 0.0819 e. The molecule has 64 valence electrons. The second-order valence-electron chi connectivity index (χ2n) is 2.92. The Labute approximate surface area is 72.9 Å². The van der Waals surface area contributed by atoms with Gasteiger partial charge in [0.2, 0.25) is 0 Å². The number of hydrogen-bond acceptors (Lipinski definition) is 3. The third kappa shape index (κ3) is 2.51. The lowest BCUT2D eigenvalue weighted by molar-refractivity contribution is 0.405. The van der Waals surface area contributed by atoms with Crippen LogP contribution in [0, 0.1) is 0 Å². The molecule has 2 nitrogen and oxygen atoms in total. The Kier molecular flexibility index (Phi) is 3.43. The van der Waals surface area contributed by atoms with Gasteiger partial charge in [0.25, 0.3) is 0 Å². The van der Waals surface area contributed by atoms with Crippen molar-refractivity contribution in [3.63, 3.8) is 0 Å². The third-order valence-corrected chi connectivity index (χ3v) is 2.73. The average molecular weight is 173 g/mol. The predicted octanol–water partition coefficient (Wildman–Crippen LogP) is 2.24. The van der Waals surface area contributed by atoms with Gasteiger partial charge in [-0.1, -0.05) is 11.1 Å². The molecule has 0 spiro atoms. The highest BCUT2D eigenvalue weighted by molar-refractivity contribution is 7.92. The van der Waals surface area contributed by atoms with Gasteiger partial charge in [-0.25, -0.2) is 4.31 Å². The third-order valence-electron chi connectivity index (χ3n) is 2.06. The molecular weight excluding hydrogens is 158 g/mol. The van der Waals surface area contributed by atoms with E-state index in [0.29, 0.717) is 0 Å². The lowest BCUT2D eigenvalue weighted by atomic mass is 10.1. The minimum Gasteiger partial charge on any atom is -0.304 e. The highest BCUT2D eigenvalue weighted by Gasteiger charge is 2.13. The SMILES string of the molecule is COSN1CCC(C)=C(C)C1. The molecule has 0 saturated carbocycles. The average Bonchev–Trinajstić information content (AvgIpc) is 1.98. The maximum absolute atomic E-state index is 4.98. The minimum absolute atomic E-state index is 1.05. The molecule has 1 aliphatic heterocycles. The summed E-state index contributed by atoms with van der Waals surface area (Å²) in [4.78, 5) is 0. The largest absolute Gasteiger partial charge is 0.304 e. The molecule has 0 radical (unpaired) electrons. The van der Waals surface area contributed by atoms with Crippen molar-refractivity contribution in [2.45, 2.75) is 20.3 Å². The summed E-state index contributed by atoms with van der Waals surface area (Å²) in [6, 6.07) is 0. The van der Waals surface area contributed by atoms with Gasteiger partial charge in [0.05, 0.1) is 19.3 Å². The Morgan fingerprint density at radius 2 is 2.09 bits per heavy atom. The predicted molar refractivity (Wildman–Crippen MR) is 49.2 cm³/mol. The number of hydrogen-bond donors (Lipinski definition) is 0. The second kappa shape index (κ2) is 4.14. The van der Waals surface area contributed by atoms with Crippen LogP contribution in [0.3, 0.4) is 0 Å². The van der Waals surface area contributed by atoms with Crippen LogP contribution < -0.4 is 0 Å². The topological polar surface area (TPSA) is 12.5 Å². The van der Waals surface area contributed by atoms with Crippen LogP contribution >= 0.6 is 12.2 Å². The van der Waals surface area contributed by atoms with Crippen molar-refractivity contribution in [3.05, 3.63) is 11.1 Å². The summed E-state index contributed by atoms with van der Waals surface area (Å²) in [6.07, 6.45) is 1.18. The van der Waals surface area contributed by atoms with Gasteiger partial charge in [-0.3, -0.25) is 0 Å². The van der Waals surface area contributed by atoms with Gasteiger partial charge in [0.15, 0.2) is 0 Å². The van der Waals surface area contributed by atoms with Gasteiger partial charge in [-0.05, 0) is 20.3 Å². The molecule has 1 aliphatic rings. The van der Waals surface area contributed by atoms with E-state index in [1.807, 2.05) is 0 Å². The normalized spacial score (nSPS) is 21.0. The summed E-state index contributed by atoms with van der Waals surface area (Å²) in [6.45, 7) is 6.56. The first-order valence-electron chi connectivity index (χ1n) is 3.85. The van der Waals surface area contributed by atoms with Crippen molar-refractivity contribution in [3.8, 4) is 0 Å². The van der Waals surface area contributed by atoms with Crippen LogP contribution in [0.2, 0.25) is 0 Å². The summed E-state index contributed by atoms with van der Waals surface area (Å²) in [5.74, 6) is 0. The first kappa shape index (κ1) is 9.10. The fraction of sp³-hybridized carbons (Fsp3) is 0.750. The Morgan fingerprint density at radius 1 is 1.36 bits per heavy atom. The molecule has 0 fully saturated rings.